The summed E-state index contributed by atoms with van der Waals surface area (Å²) in [5.41, 5.74) is 0.756. The van der Waals surface area contributed by atoms with Crippen LogP contribution in [0.1, 0.15) is 53.0 Å². The highest BCUT2D eigenvalue weighted by atomic mass is 19.4. The average molecular weight is 554 g/mol. The van der Waals surface area contributed by atoms with Crippen molar-refractivity contribution in [1.29, 1.82) is 0 Å². The normalized spacial score (nSPS) is 17.8. The Kier molecular flexibility index (Phi) is 6.24. The van der Waals surface area contributed by atoms with E-state index in [2.05, 4.69) is 10.2 Å². The van der Waals surface area contributed by atoms with Crippen molar-refractivity contribution >= 4 is 5.97 Å². The zero-order valence-electron chi connectivity index (χ0n) is 21.1. The molecule has 6 rings (SSSR count). The SMILES string of the molecule is Cc1nnc(-c2ccc(-c3c(C(F)(F)F)cc(F)c4c3CC[C@H]4Oc3ccc4c(c3)OC[C@H]4CC(=O)O)cc2)o1. The molecular weight excluding hydrogens is 532 g/mol. The number of fused-ring (bicyclic) bond motifs is 2. The summed E-state index contributed by atoms with van der Waals surface area (Å²) in [5, 5.41) is 16.8. The molecular formula is C29H22F4N2O5. The molecule has 1 N–H and O–H groups in total. The van der Waals surface area contributed by atoms with Gasteiger partial charge in [-0.15, -0.1) is 10.2 Å². The number of hydrogen-bond donors (Lipinski definition) is 1. The molecule has 11 heteroatoms. The lowest BCUT2D eigenvalue weighted by molar-refractivity contribution is -0.138. The molecule has 0 unspecified atom stereocenters. The molecule has 0 spiro atoms. The molecule has 2 atom stereocenters. The highest BCUT2D eigenvalue weighted by Gasteiger charge is 2.40. The van der Waals surface area contributed by atoms with E-state index >= 15 is 4.39 Å². The lowest BCUT2D eigenvalue weighted by atomic mass is 9.90. The molecule has 1 aromatic heterocycles. The number of aryl methyl sites for hydroxylation is 1. The Labute approximate surface area is 225 Å². The van der Waals surface area contributed by atoms with Gasteiger partial charge in [0, 0.05) is 35.6 Å². The van der Waals surface area contributed by atoms with Gasteiger partial charge in [-0.3, -0.25) is 4.79 Å². The Hall–Kier alpha value is -4.41. The molecule has 4 aromatic rings. The van der Waals surface area contributed by atoms with Crippen LogP contribution in [-0.4, -0.2) is 27.9 Å². The van der Waals surface area contributed by atoms with E-state index in [4.69, 9.17) is 19.0 Å². The van der Waals surface area contributed by atoms with Gasteiger partial charge in [0.05, 0.1) is 18.6 Å². The van der Waals surface area contributed by atoms with Crippen molar-refractivity contribution in [2.45, 2.75) is 44.4 Å². The summed E-state index contributed by atoms with van der Waals surface area (Å²) in [7, 11) is 0. The van der Waals surface area contributed by atoms with Gasteiger partial charge in [-0.25, -0.2) is 4.39 Å². The highest BCUT2D eigenvalue weighted by molar-refractivity contribution is 5.76. The zero-order chi connectivity index (χ0) is 28.2. The van der Waals surface area contributed by atoms with Gasteiger partial charge in [-0.2, -0.15) is 13.2 Å². The average Bonchev–Trinajstić information content (AvgIpc) is 3.63. The molecule has 206 valence electrons. The van der Waals surface area contributed by atoms with Crippen LogP contribution in [0.3, 0.4) is 0 Å². The second-order valence-corrected chi connectivity index (χ2v) is 9.83. The van der Waals surface area contributed by atoms with E-state index < -0.39 is 29.6 Å². The topological polar surface area (TPSA) is 94.7 Å². The molecule has 7 nitrogen and oxygen atoms in total. The van der Waals surface area contributed by atoms with Gasteiger partial charge in [0.1, 0.15) is 23.4 Å². The summed E-state index contributed by atoms with van der Waals surface area (Å²) in [4.78, 5) is 11.1. The minimum Gasteiger partial charge on any atom is -0.492 e. The number of halogens is 4. The summed E-state index contributed by atoms with van der Waals surface area (Å²) in [6.07, 6.45) is -5.21. The van der Waals surface area contributed by atoms with Crippen molar-refractivity contribution in [3.05, 3.63) is 82.5 Å². The van der Waals surface area contributed by atoms with Crippen LogP contribution in [0.5, 0.6) is 11.5 Å². The first-order valence-electron chi connectivity index (χ1n) is 12.6. The highest BCUT2D eigenvalue weighted by Crippen LogP contribution is 2.48. The minimum absolute atomic E-state index is 0.0751. The second kappa shape index (κ2) is 9.65. The number of carboxylic acids is 1. The maximum atomic E-state index is 15.3. The van der Waals surface area contributed by atoms with Gasteiger partial charge < -0.3 is 19.0 Å². The molecule has 40 heavy (non-hydrogen) atoms. The van der Waals surface area contributed by atoms with Crippen LogP contribution in [0.15, 0.2) is 52.9 Å². The predicted octanol–water partition coefficient (Wildman–Crippen LogP) is 6.89. The molecule has 0 radical (unpaired) electrons. The second-order valence-electron chi connectivity index (χ2n) is 9.83. The third-order valence-electron chi connectivity index (χ3n) is 7.22. The monoisotopic (exact) mass is 554 g/mol. The molecule has 0 amide bonds. The van der Waals surface area contributed by atoms with E-state index in [1.54, 1.807) is 37.3 Å². The van der Waals surface area contributed by atoms with Gasteiger partial charge in [0.15, 0.2) is 0 Å². The fraction of sp³-hybridized carbons (Fsp3) is 0.276. The number of aliphatic carboxylic acids is 1. The first-order valence-corrected chi connectivity index (χ1v) is 12.6. The molecule has 1 aliphatic carbocycles. The van der Waals surface area contributed by atoms with Crippen LogP contribution < -0.4 is 9.47 Å². The van der Waals surface area contributed by atoms with E-state index in [-0.39, 0.29) is 59.9 Å². The number of rotatable bonds is 6. The maximum absolute atomic E-state index is 15.3. The van der Waals surface area contributed by atoms with Crippen molar-refractivity contribution in [3.8, 4) is 34.1 Å². The number of benzene rings is 3. The molecule has 1 aliphatic heterocycles. The Balaban J connectivity index is 1.35. The summed E-state index contributed by atoms with van der Waals surface area (Å²) in [6, 6.07) is 11.7. The van der Waals surface area contributed by atoms with Gasteiger partial charge in [-0.05, 0) is 53.8 Å². The van der Waals surface area contributed by atoms with E-state index in [0.717, 1.165) is 5.56 Å². The van der Waals surface area contributed by atoms with Crippen LogP contribution in [0, 0.1) is 12.7 Å². The maximum Gasteiger partial charge on any atom is 0.417 e. The molecule has 2 aliphatic rings. The summed E-state index contributed by atoms with van der Waals surface area (Å²) in [5.74, 6) is -0.774. The lowest BCUT2D eigenvalue weighted by Crippen LogP contribution is -2.12. The summed E-state index contributed by atoms with van der Waals surface area (Å²) >= 11 is 0. The Morgan fingerprint density at radius 1 is 1.10 bits per heavy atom. The molecule has 2 heterocycles. The van der Waals surface area contributed by atoms with E-state index in [0.29, 0.717) is 29.0 Å². The van der Waals surface area contributed by atoms with E-state index in [1.807, 2.05) is 0 Å². The Morgan fingerprint density at radius 3 is 2.52 bits per heavy atom. The fourth-order valence-electron chi connectivity index (χ4n) is 5.48. The quantitative estimate of drug-likeness (QED) is 0.260. The molecule has 0 saturated carbocycles. The van der Waals surface area contributed by atoms with Crippen molar-refractivity contribution in [3.63, 3.8) is 0 Å². The summed E-state index contributed by atoms with van der Waals surface area (Å²) < 4.78 is 74.8. The Bertz CT molecular complexity index is 1610. The third kappa shape index (κ3) is 4.65. The van der Waals surface area contributed by atoms with Crippen molar-refractivity contribution in [2.75, 3.05) is 6.61 Å². The van der Waals surface area contributed by atoms with Crippen molar-refractivity contribution in [1.82, 2.24) is 10.2 Å². The van der Waals surface area contributed by atoms with Crippen LogP contribution >= 0.6 is 0 Å². The smallest absolute Gasteiger partial charge is 0.417 e. The molecule has 0 fully saturated rings. The van der Waals surface area contributed by atoms with Crippen molar-refractivity contribution in [2.24, 2.45) is 0 Å². The molecule has 3 aromatic carbocycles. The van der Waals surface area contributed by atoms with Crippen LogP contribution in [-0.2, 0) is 17.4 Å². The largest absolute Gasteiger partial charge is 0.492 e. The lowest BCUT2D eigenvalue weighted by Gasteiger charge is -2.21. The number of carbonyl (C=O) groups is 1. The van der Waals surface area contributed by atoms with Gasteiger partial charge in [0.25, 0.3) is 0 Å². The van der Waals surface area contributed by atoms with Crippen LogP contribution in [0.4, 0.5) is 17.6 Å². The molecule has 0 saturated heterocycles. The zero-order valence-corrected chi connectivity index (χ0v) is 21.1. The van der Waals surface area contributed by atoms with Gasteiger partial charge >= 0.3 is 12.1 Å². The number of carboxylic acid groups (broad SMARTS) is 1. The van der Waals surface area contributed by atoms with Gasteiger partial charge in [0.2, 0.25) is 11.8 Å². The van der Waals surface area contributed by atoms with Gasteiger partial charge in [-0.1, -0.05) is 18.2 Å². The third-order valence-corrected chi connectivity index (χ3v) is 7.22. The number of alkyl halides is 3. The van der Waals surface area contributed by atoms with E-state index in [9.17, 15) is 18.0 Å². The van der Waals surface area contributed by atoms with E-state index in [1.165, 1.54) is 12.1 Å². The fourth-order valence-corrected chi connectivity index (χ4v) is 5.48. The number of nitrogens with zero attached hydrogens (tertiary/aromatic N) is 2. The van der Waals surface area contributed by atoms with Crippen LogP contribution in [0.25, 0.3) is 22.6 Å². The summed E-state index contributed by atoms with van der Waals surface area (Å²) in [6.45, 7) is 1.85. The Morgan fingerprint density at radius 2 is 1.85 bits per heavy atom. The first kappa shape index (κ1) is 25.8. The number of aromatic nitrogens is 2. The first-order chi connectivity index (χ1) is 19.1. The minimum atomic E-state index is -4.78. The number of ether oxygens (including phenoxy) is 2. The van der Waals surface area contributed by atoms with Crippen molar-refractivity contribution < 1.29 is 41.4 Å². The van der Waals surface area contributed by atoms with Crippen LogP contribution in [0.2, 0.25) is 0 Å². The number of hydrogen-bond acceptors (Lipinski definition) is 6. The molecule has 0 bridgehead atoms. The standard InChI is InChI=1S/C29H22F4N2O5/c1-14-34-35-28(39-14)16-4-2-15(3-5-16)26-20-8-9-23(27(20)22(30)12-21(26)29(31,32)33)40-18-6-7-19-17(10-25(36)37)13-38-24(19)11-18/h2-7,11-12,17,23H,8-10,13H2,1H3,(H,36,37)/t17-,23-/m1/s1. The predicted molar refractivity (Wildman–Crippen MR) is 133 cm³/mol.